The first-order valence-electron chi connectivity index (χ1n) is 8.18. The van der Waals surface area contributed by atoms with Crippen molar-refractivity contribution in [3.63, 3.8) is 0 Å². The molecule has 6 heteroatoms. The Morgan fingerprint density at radius 2 is 1.88 bits per heavy atom. The standard InChI is InChI=1S/C18H23N3O3/c1-4-13-11-16(15-6-5-14(22-2)12-17(15)23-3)20-18(19-13)21-7-9-24-10-8-21/h5-6,11-12H,4,7-10H2,1-3H3. The topological polar surface area (TPSA) is 56.7 Å². The van der Waals surface area contributed by atoms with Crippen LogP contribution in [0, 0.1) is 0 Å². The zero-order valence-corrected chi connectivity index (χ0v) is 14.4. The Kier molecular flexibility index (Phi) is 5.15. The molecule has 1 aliphatic rings. The summed E-state index contributed by atoms with van der Waals surface area (Å²) in [7, 11) is 3.30. The zero-order chi connectivity index (χ0) is 16.9. The van der Waals surface area contributed by atoms with Crippen molar-refractivity contribution in [1.82, 2.24) is 9.97 Å². The predicted molar refractivity (Wildman–Crippen MR) is 93.0 cm³/mol. The van der Waals surface area contributed by atoms with Crippen LogP contribution in [0.2, 0.25) is 0 Å². The first-order chi connectivity index (χ1) is 11.7. The molecule has 1 aliphatic heterocycles. The van der Waals surface area contributed by atoms with Crippen molar-refractivity contribution in [1.29, 1.82) is 0 Å². The highest BCUT2D eigenvalue weighted by atomic mass is 16.5. The molecular formula is C18H23N3O3. The summed E-state index contributed by atoms with van der Waals surface area (Å²) in [6, 6.07) is 7.79. The van der Waals surface area contributed by atoms with Gasteiger partial charge in [0.2, 0.25) is 5.95 Å². The number of rotatable bonds is 5. The van der Waals surface area contributed by atoms with Gasteiger partial charge in [-0.1, -0.05) is 6.92 Å². The van der Waals surface area contributed by atoms with Gasteiger partial charge in [-0.3, -0.25) is 0 Å². The Morgan fingerprint density at radius 1 is 1.08 bits per heavy atom. The van der Waals surface area contributed by atoms with E-state index in [0.29, 0.717) is 13.2 Å². The lowest BCUT2D eigenvalue weighted by Crippen LogP contribution is -2.37. The highest BCUT2D eigenvalue weighted by Crippen LogP contribution is 2.33. The molecule has 0 unspecified atom stereocenters. The fourth-order valence-electron chi connectivity index (χ4n) is 2.72. The van der Waals surface area contributed by atoms with Gasteiger partial charge in [-0.25, -0.2) is 9.97 Å². The summed E-state index contributed by atoms with van der Waals surface area (Å²) in [5.41, 5.74) is 2.81. The lowest BCUT2D eigenvalue weighted by atomic mass is 10.1. The molecule has 1 fully saturated rings. The zero-order valence-electron chi connectivity index (χ0n) is 14.4. The van der Waals surface area contributed by atoms with Gasteiger partial charge < -0.3 is 19.1 Å². The largest absolute Gasteiger partial charge is 0.497 e. The van der Waals surface area contributed by atoms with E-state index in [-0.39, 0.29) is 0 Å². The van der Waals surface area contributed by atoms with Crippen LogP contribution in [0.3, 0.4) is 0 Å². The van der Waals surface area contributed by atoms with Crippen molar-refractivity contribution in [2.45, 2.75) is 13.3 Å². The third-order valence-corrected chi connectivity index (χ3v) is 4.11. The van der Waals surface area contributed by atoms with Gasteiger partial charge in [0.1, 0.15) is 11.5 Å². The number of methoxy groups -OCH3 is 2. The molecule has 0 atom stereocenters. The maximum atomic E-state index is 5.53. The van der Waals surface area contributed by atoms with E-state index < -0.39 is 0 Å². The second kappa shape index (κ2) is 7.49. The van der Waals surface area contributed by atoms with Crippen molar-refractivity contribution in [3.05, 3.63) is 30.0 Å². The molecule has 0 spiro atoms. The molecule has 1 aromatic carbocycles. The summed E-state index contributed by atoms with van der Waals surface area (Å²) in [4.78, 5) is 11.6. The minimum absolute atomic E-state index is 0.709. The van der Waals surface area contributed by atoms with Crippen molar-refractivity contribution in [3.8, 4) is 22.8 Å². The minimum Gasteiger partial charge on any atom is -0.497 e. The van der Waals surface area contributed by atoms with E-state index in [1.54, 1.807) is 14.2 Å². The van der Waals surface area contributed by atoms with Crippen LogP contribution in [-0.4, -0.2) is 50.5 Å². The Morgan fingerprint density at radius 3 is 2.54 bits per heavy atom. The fourth-order valence-corrected chi connectivity index (χ4v) is 2.72. The molecule has 0 saturated carbocycles. The molecule has 0 N–H and O–H groups in total. The van der Waals surface area contributed by atoms with E-state index in [0.717, 1.165) is 53.9 Å². The van der Waals surface area contributed by atoms with E-state index in [4.69, 9.17) is 19.2 Å². The van der Waals surface area contributed by atoms with Gasteiger partial charge in [0.15, 0.2) is 0 Å². The molecule has 0 radical (unpaired) electrons. The highest BCUT2D eigenvalue weighted by Gasteiger charge is 2.17. The van der Waals surface area contributed by atoms with E-state index in [1.165, 1.54) is 0 Å². The molecular weight excluding hydrogens is 306 g/mol. The van der Waals surface area contributed by atoms with Crippen molar-refractivity contribution in [2.75, 3.05) is 45.4 Å². The predicted octanol–water partition coefficient (Wildman–Crippen LogP) is 2.56. The fraction of sp³-hybridized carbons (Fsp3) is 0.444. The van der Waals surface area contributed by atoms with Gasteiger partial charge in [-0.2, -0.15) is 0 Å². The molecule has 2 heterocycles. The number of hydrogen-bond donors (Lipinski definition) is 0. The average molecular weight is 329 g/mol. The maximum Gasteiger partial charge on any atom is 0.226 e. The molecule has 128 valence electrons. The van der Waals surface area contributed by atoms with Crippen molar-refractivity contribution in [2.24, 2.45) is 0 Å². The van der Waals surface area contributed by atoms with Crippen LogP contribution < -0.4 is 14.4 Å². The number of hydrogen-bond acceptors (Lipinski definition) is 6. The van der Waals surface area contributed by atoms with Gasteiger partial charge in [0.25, 0.3) is 0 Å². The third-order valence-electron chi connectivity index (χ3n) is 4.11. The van der Waals surface area contributed by atoms with Crippen LogP contribution >= 0.6 is 0 Å². The molecule has 24 heavy (non-hydrogen) atoms. The van der Waals surface area contributed by atoms with Gasteiger partial charge in [-0.05, 0) is 24.6 Å². The van der Waals surface area contributed by atoms with E-state index in [1.807, 2.05) is 24.3 Å². The van der Waals surface area contributed by atoms with Gasteiger partial charge in [-0.15, -0.1) is 0 Å². The SMILES string of the molecule is CCc1cc(-c2ccc(OC)cc2OC)nc(N2CCOCC2)n1. The van der Waals surface area contributed by atoms with Crippen LogP contribution in [0.4, 0.5) is 5.95 Å². The van der Waals surface area contributed by atoms with E-state index >= 15 is 0 Å². The monoisotopic (exact) mass is 329 g/mol. The van der Waals surface area contributed by atoms with E-state index in [9.17, 15) is 0 Å². The van der Waals surface area contributed by atoms with Gasteiger partial charge in [0.05, 0.1) is 33.1 Å². The lowest BCUT2D eigenvalue weighted by Gasteiger charge is -2.27. The summed E-state index contributed by atoms with van der Waals surface area (Å²) in [5, 5.41) is 0. The average Bonchev–Trinajstić information content (AvgIpc) is 2.67. The molecule has 1 saturated heterocycles. The van der Waals surface area contributed by atoms with Crippen LogP contribution in [-0.2, 0) is 11.2 Å². The summed E-state index contributed by atoms with van der Waals surface area (Å²) in [5.74, 6) is 2.25. The molecule has 2 aromatic rings. The summed E-state index contributed by atoms with van der Waals surface area (Å²) < 4.78 is 16.2. The number of benzene rings is 1. The molecule has 3 rings (SSSR count). The normalized spacial score (nSPS) is 14.5. The number of nitrogens with zero attached hydrogens (tertiary/aromatic N) is 3. The van der Waals surface area contributed by atoms with Gasteiger partial charge >= 0.3 is 0 Å². The Bertz CT molecular complexity index is 700. The van der Waals surface area contributed by atoms with E-state index in [2.05, 4.69) is 16.8 Å². The summed E-state index contributed by atoms with van der Waals surface area (Å²) >= 11 is 0. The van der Waals surface area contributed by atoms with Crippen LogP contribution in [0.5, 0.6) is 11.5 Å². The number of ether oxygens (including phenoxy) is 3. The number of aryl methyl sites for hydroxylation is 1. The molecule has 6 nitrogen and oxygen atoms in total. The second-order valence-corrected chi connectivity index (χ2v) is 5.56. The smallest absolute Gasteiger partial charge is 0.226 e. The Balaban J connectivity index is 2.03. The lowest BCUT2D eigenvalue weighted by molar-refractivity contribution is 0.122. The maximum absolute atomic E-state index is 5.53. The minimum atomic E-state index is 0.709. The highest BCUT2D eigenvalue weighted by molar-refractivity contribution is 5.69. The summed E-state index contributed by atoms with van der Waals surface area (Å²) in [6.45, 7) is 5.14. The molecule has 0 aliphatic carbocycles. The van der Waals surface area contributed by atoms with Crippen LogP contribution in [0.15, 0.2) is 24.3 Å². The number of anilines is 1. The first-order valence-corrected chi connectivity index (χ1v) is 8.18. The van der Waals surface area contributed by atoms with Crippen molar-refractivity contribution < 1.29 is 14.2 Å². The first kappa shape index (κ1) is 16.5. The summed E-state index contributed by atoms with van der Waals surface area (Å²) in [6.07, 6.45) is 0.853. The molecule has 0 amide bonds. The van der Waals surface area contributed by atoms with Crippen molar-refractivity contribution >= 4 is 5.95 Å². The third kappa shape index (κ3) is 3.43. The molecule has 1 aromatic heterocycles. The van der Waals surface area contributed by atoms with Crippen LogP contribution in [0.1, 0.15) is 12.6 Å². The van der Waals surface area contributed by atoms with Gasteiger partial charge in [0, 0.05) is 30.4 Å². The molecule has 0 bridgehead atoms. The quantitative estimate of drug-likeness (QED) is 0.840. The Hall–Kier alpha value is -2.34. The Labute approximate surface area is 142 Å². The second-order valence-electron chi connectivity index (χ2n) is 5.56. The van der Waals surface area contributed by atoms with Crippen LogP contribution in [0.25, 0.3) is 11.3 Å². The number of morpholine rings is 1. The number of aromatic nitrogens is 2.